The van der Waals surface area contributed by atoms with Crippen LogP contribution in [0.1, 0.15) is 5.56 Å². The average molecular weight is 249 g/mol. The van der Waals surface area contributed by atoms with Crippen molar-refractivity contribution in [2.24, 2.45) is 5.14 Å². The Kier molecular flexibility index (Phi) is 3.22. The molecule has 4 N–H and O–H groups in total. The largest absolute Gasteiger partial charge is 0.282 e. The molecule has 0 saturated heterocycles. The van der Waals surface area contributed by atoms with Gasteiger partial charge in [-0.05, 0) is 30.2 Å². The van der Waals surface area contributed by atoms with Gasteiger partial charge >= 0.3 is 0 Å². The second-order valence-electron chi connectivity index (χ2n) is 3.98. The molecule has 2 rings (SSSR count). The number of nitrogens with two attached hydrogens (primary N) is 1. The molecule has 90 valence electrons. The highest BCUT2D eigenvalue weighted by atomic mass is 32.3. The van der Waals surface area contributed by atoms with Crippen LogP contribution in [-0.2, 0) is 0 Å². The monoisotopic (exact) mass is 249 g/mol. The van der Waals surface area contributed by atoms with Crippen LogP contribution in [0.4, 0.5) is 0 Å². The van der Waals surface area contributed by atoms with Crippen LogP contribution in [0.3, 0.4) is 0 Å². The van der Waals surface area contributed by atoms with Crippen molar-refractivity contribution in [1.82, 2.24) is 0 Å². The third kappa shape index (κ3) is 2.87. The maximum absolute atomic E-state index is 9.30. The summed E-state index contributed by atoms with van der Waals surface area (Å²) in [5.41, 5.74) is 3.33. The molecule has 0 saturated carbocycles. The molecule has 0 radical (unpaired) electrons. The van der Waals surface area contributed by atoms with Gasteiger partial charge in [-0.3, -0.25) is 9.11 Å². The Bertz CT molecular complexity index is 500. The predicted molar refractivity (Wildman–Crippen MR) is 71.9 cm³/mol. The van der Waals surface area contributed by atoms with E-state index in [0.717, 1.165) is 11.1 Å². The Labute approximate surface area is 102 Å². The summed E-state index contributed by atoms with van der Waals surface area (Å²) in [5.74, 6) is 0. The van der Waals surface area contributed by atoms with Crippen molar-refractivity contribution in [2.45, 2.75) is 11.8 Å². The van der Waals surface area contributed by atoms with Crippen molar-refractivity contribution in [1.29, 1.82) is 0 Å². The topological polar surface area (TPSA) is 66.5 Å². The summed E-state index contributed by atoms with van der Waals surface area (Å²) in [6.07, 6.45) is 0. The quantitative estimate of drug-likeness (QED) is 0.761. The third-order valence-electron chi connectivity index (χ3n) is 2.59. The van der Waals surface area contributed by atoms with Crippen LogP contribution in [-0.4, -0.2) is 9.11 Å². The van der Waals surface area contributed by atoms with Crippen LogP contribution in [0.2, 0.25) is 0 Å². The summed E-state index contributed by atoms with van der Waals surface area (Å²) < 4.78 is 18.6. The predicted octanol–water partition coefficient (Wildman–Crippen LogP) is 3.65. The fourth-order valence-corrected chi connectivity index (χ4v) is 2.13. The zero-order valence-electron chi connectivity index (χ0n) is 9.50. The highest BCUT2D eigenvalue weighted by Gasteiger charge is 2.08. The van der Waals surface area contributed by atoms with E-state index in [1.165, 1.54) is 5.56 Å². The molecule has 17 heavy (non-hydrogen) atoms. The highest BCUT2D eigenvalue weighted by Crippen LogP contribution is 2.40. The molecule has 0 fully saturated rings. The number of benzene rings is 2. The van der Waals surface area contributed by atoms with E-state index in [1.807, 2.05) is 43.3 Å². The van der Waals surface area contributed by atoms with Gasteiger partial charge in [0.15, 0.2) is 0 Å². The van der Waals surface area contributed by atoms with Crippen LogP contribution < -0.4 is 5.14 Å². The molecular formula is C13H15NO2S. The van der Waals surface area contributed by atoms with E-state index >= 15 is 0 Å². The fraction of sp³-hybridized carbons (Fsp3) is 0.0769. The van der Waals surface area contributed by atoms with Gasteiger partial charge in [0, 0.05) is 0 Å². The molecule has 0 aliphatic heterocycles. The van der Waals surface area contributed by atoms with Gasteiger partial charge in [0.05, 0.1) is 4.90 Å². The molecule has 2 aromatic rings. The first kappa shape index (κ1) is 12.1. The second-order valence-corrected chi connectivity index (χ2v) is 5.64. The first-order chi connectivity index (χ1) is 7.97. The van der Waals surface area contributed by atoms with Gasteiger partial charge in [-0.2, -0.15) is 0 Å². The molecule has 0 spiro atoms. The zero-order chi connectivity index (χ0) is 12.5. The lowest BCUT2D eigenvalue weighted by Crippen LogP contribution is -2.07. The van der Waals surface area contributed by atoms with Gasteiger partial charge in [-0.15, -0.1) is 10.8 Å². The average Bonchev–Trinajstić information content (AvgIpc) is 2.29. The number of aryl methyl sites for hydroxylation is 1. The summed E-state index contributed by atoms with van der Waals surface area (Å²) in [6, 6.07) is 15.1. The first-order valence-electron chi connectivity index (χ1n) is 5.20. The Morgan fingerprint density at radius 2 is 1.24 bits per heavy atom. The Morgan fingerprint density at radius 3 is 1.65 bits per heavy atom. The van der Waals surface area contributed by atoms with Crippen LogP contribution in [0.15, 0.2) is 53.4 Å². The number of hydrogen-bond donors (Lipinski definition) is 3. The van der Waals surface area contributed by atoms with Crippen LogP contribution in [0.5, 0.6) is 0 Å². The summed E-state index contributed by atoms with van der Waals surface area (Å²) in [4.78, 5) is 0.355. The SMILES string of the molecule is Cc1ccc(-c2ccc(S(N)(O)O)cc2)cc1. The lowest BCUT2D eigenvalue weighted by atomic mass is 10.0. The smallest absolute Gasteiger partial charge is 0.0748 e. The van der Waals surface area contributed by atoms with Crippen molar-refractivity contribution in [3.05, 3.63) is 54.1 Å². The summed E-state index contributed by atoms with van der Waals surface area (Å²) in [5, 5.41) is 5.26. The van der Waals surface area contributed by atoms with Gasteiger partial charge in [0.2, 0.25) is 0 Å². The van der Waals surface area contributed by atoms with Gasteiger partial charge in [0.25, 0.3) is 0 Å². The molecular weight excluding hydrogens is 234 g/mol. The molecule has 2 aromatic carbocycles. The van der Waals surface area contributed by atoms with Gasteiger partial charge in [0.1, 0.15) is 0 Å². The summed E-state index contributed by atoms with van der Waals surface area (Å²) >= 11 is 0. The fourth-order valence-electron chi connectivity index (χ4n) is 1.59. The third-order valence-corrected chi connectivity index (χ3v) is 3.55. The molecule has 0 aliphatic carbocycles. The maximum atomic E-state index is 9.30. The van der Waals surface area contributed by atoms with E-state index < -0.39 is 10.8 Å². The lowest BCUT2D eigenvalue weighted by molar-refractivity contribution is 0.489. The van der Waals surface area contributed by atoms with E-state index in [-0.39, 0.29) is 0 Å². The van der Waals surface area contributed by atoms with Gasteiger partial charge in [-0.25, -0.2) is 5.14 Å². The highest BCUT2D eigenvalue weighted by molar-refractivity contribution is 8.22. The summed E-state index contributed by atoms with van der Waals surface area (Å²) in [6.45, 7) is 2.04. The number of rotatable bonds is 2. The van der Waals surface area contributed by atoms with Crippen molar-refractivity contribution in [2.75, 3.05) is 0 Å². The van der Waals surface area contributed by atoms with E-state index in [2.05, 4.69) is 0 Å². The van der Waals surface area contributed by atoms with E-state index in [9.17, 15) is 9.11 Å². The molecule has 0 atom stereocenters. The van der Waals surface area contributed by atoms with E-state index in [4.69, 9.17) is 5.14 Å². The molecule has 3 nitrogen and oxygen atoms in total. The zero-order valence-corrected chi connectivity index (χ0v) is 10.3. The minimum absolute atomic E-state index is 0.355. The minimum atomic E-state index is -3.11. The van der Waals surface area contributed by atoms with Crippen molar-refractivity contribution in [3.63, 3.8) is 0 Å². The van der Waals surface area contributed by atoms with E-state index in [1.54, 1.807) is 12.1 Å². The molecule has 0 bridgehead atoms. The van der Waals surface area contributed by atoms with Crippen LogP contribution in [0.25, 0.3) is 11.1 Å². The molecule has 0 amide bonds. The van der Waals surface area contributed by atoms with Gasteiger partial charge in [-0.1, -0.05) is 42.0 Å². The summed E-state index contributed by atoms with van der Waals surface area (Å²) in [7, 11) is -3.11. The Morgan fingerprint density at radius 1 is 0.824 bits per heavy atom. The van der Waals surface area contributed by atoms with Crippen molar-refractivity contribution < 1.29 is 9.11 Å². The number of hydrogen-bond acceptors (Lipinski definition) is 3. The first-order valence-corrected chi connectivity index (χ1v) is 6.81. The standard InChI is InChI=1S/C13H15NO2S/c1-10-2-4-11(5-3-10)12-6-8-13(9-7-12)17(14,15)16/h2-9,15-16H,14H2,1H3. The minimum Gasteiger partial charge on any atom is -0.282 e. The molecule has 0 heterocycles. The molecule has 0 aliphatic rings. The molecule has 0 unspecified atom stereocenters. The normalized spacial score (nSPS) is 12.5. The lowest BCUT2D eigenvalue weighted by Gasteiger charge is -2.26. The Hall–Kier alpha value is -1.33. The maximum Gasteiger partial charge on any atom is 0.0748 e. The van der Waals surface area contributed by atoms with Crippen LogP contribution in [0, 0.1) is 6.92 Å². The molecule has 4 heteroatoms. The van der Waals surface area contributed by atoms with Crippen molar-refractivity contribution in [3.8, 4) is 11.1 Å². The van der Waals surface area contributed by atoms with Gasteiger partial charge < -0.3 is 0 Å². The molecule has 0 aromatic heterocycles. The second kappa shape index (κ2) is 4.50. The van der Waals surface area contributed by atoms with Crippen molar-refractivity contribution >= 4 is 10.8 Å². The Balaban J connectivity index is 2.33. The van der Waals surface area contributed by atoms with E-state index in [0.29, 0.717) is 4.90 Å². The van der Waals surface area contributed by atoms with Crippen LogP contribution >= 0.6 is 10.8 Å².